The third-order valence-corrected chi connectivity index (χ3v) is 6.67. The van der Waals surface area contributed by atoms with Crippen LogP contribution in [0.1, 0.15) is 5.69 Å². The van der Waals surface area contributed by atoms with Gasteiger partial charge in [0.05, 0.1) is 23.2 Å². The number of pyridine rings is 1. The molecule has 0 N–H and O–H groups in total. The average Bonchev–Trinajstić information content (AvgIpc) is 3.22. The maximum absolute atomic E-state index is 12.7. The largest absolute Gasteiger partial charge is 0.334 e. The van der Waals surface area contributed by atoms with Crippen LogP contribution in [0.4, 0.5) is 0 Å². The Bertz CT molecular complexity index is 871. The van der Waals surface area contributed by atoms with Gasteiger partial charge in [0.25, 0.3) is 0 Å². The number of hydrogen-bond acceptors (Lipinski definition) is 7. The minimum atomic E-state index is -3.17. The van der Waals surface area contributed by atoms with Gasteiger partial charge >= 0.3 is 0 Å². The number of carbonyl (C=O) groups is 1. The Balaban J connectivity index is 1.53. The first-order chi connectivity index (χ1) is 12.5. The SMILES string of the molecule is O=C(Cn1cncn1)N1CCN(Cc2ccccn2)[C@@H]2CS(=O)(=O)C[C@@H]21. The number of piperazine rings is 1. The summed E-state index contributed by atoms with van der Waals surface area (Å²) in [5.41, 5.74) is 0.901. The van der Waals surface area contributed by atoms with Crippen molar-refractivity contribution in [3.63, 3.8) is 0 Å². The van der Waals surface area contributed by atoms with Crippen molar-refractivity contribution < 1.29 is 13.2 Å². The summed E-state index contributed by atoms with van der Waals surface area (Å²) in [5, 5.41) is 3.96. The minimum absolute atomic E-state index is 0.0134. The molecule has 2 aromatic heterocycles. The van der Waals surface area contributed by atoms with Gasteiger partial charge in [-0.25, -0.2) is 18.1 Å². The van der Waals surface area contributed by atoms with Gasteiger partial charge in [-0.15, -0.1) is 0 Å². The van der Waals surface area contributed by atoms with E-state index in [-0.39, 0.29) is 36.0 Å². The minimum Gasteiger partial charge on any atom is -0.334 e. The molecule has 0 aromatic carbocycles. The van der Waals surface area contributed by atoms with Gasteiger partial charge in [-0.1, -0.05) is 6.07 Å². The fourth-order valence-electron chi connectivity index (χ4n) is 3.77. The van der Waals surface area contributed by atoms with Crippen molar-refractivity contribution in [1.29, 1.82) is 0 Å². The molecule has 0 saturated carbocycles. The van der Waals surface area contributed by atoms with E-state index in [0.717, 1.165) is 5.69 Å². The zero-order valence-electron chi connectivity index (χ0n) is 14.2. The molecule has 9 nitrogen and oxygen atoms in total. The molecule has 0 radical (unpaired) electrons. The molecule has 2 atom stereocenters. The lowest BCUT2D eigenvalue weighted by molar-refractivity contribution is -0.138. The summed E-state index contributed by atoms with van der Waals surface area (Å²) in [6.07, 6.45) is 4.59. The summed E-state index contributed by atoms with van der Waals surface area (Å²) in [7, 11) is -3.17. The van der Waals surface area contributed by atoms with Crippen molar-refractivity contribution in [2.45, 2.75) is 25.2 Å². The first-order valence-electron chi connectivity index (χ1n) is 8.48. The van der Waals surface area contributed by atoms with E-state index >= 15 is 0 Å². The van der Waals surface area contributed by atoms with Gasteiger partial charge in [-0.3, -0.25) is 14.7 Å². The van der Waals surface area contributed by atoms with E-state index in [1.54, 1.807) is 11.1 Å². The molecular weight excluding hydrogens is 356 g/mol. The Labute approximate surface area is 151 Å². The predicted octanol–water partition coefficient (Wildman–Crippen LogP) is -0.817. The smallest absolute Gasteiger partial charge is 0.244 e. The van der Waals surface area contributed by atoms with Crippen LogP contribution >= 0.6 is 0 Å². The zero-order valence-corrected chi connectivity index (χ0v) is 15.0. The summed E-state index contributed by atoms with van der Waals surface area (Å²) < 4.78 is 26.0. The lowest BCUT2D eigenvalue weighted by Gasteiger charge is -2.43. The number of sulfone groups is 1. The predicted molar refractivity (Wildman–Crippen MR) is 92.6 cm³/mol. The molecular formula is C16H20N6O3S. The van der Waals surface area contributed by atoms with Gasteiger partial charge in [-0.05, 0) is 12.1 Å². The lowest BCUT2D eigenvalue weighted by atomic mass is 10.0. The quantitative estimate of drug-likeness (QED) is 0.687. The van der Waals surface area contributed by atoms with Gasteiger partial charge in [-0.2, -0.15) is 5.10 Å². The topological polar surface area (TPSA) is 101 Å². The number of fused-ring (bicyclic) bond motifs is 1. The molecule has 138 valence electrons. The van der Waals surface area contributed by atoms with Crippen LogP contribution in [0.25, 0.3) is 0 Å². The van der Waals surface area contributed by atoms with Crippen LogP contribution < -0.4 is 0 Å². The highest BCUT2D eigenvalue weighted by molar-refractivity contribution is 7.91. The number of amides is 1. The lowest BCUT2D eigenvalue weighted by Crippen LogP contribution is -2.60. The molecule has 2 aromatic rings. The monoisotopic (exact) mass is 376 g/mol. The van der Waals surface area contributed by atoms with Crippen molar-refractivity contribution in [2.75, 3.05) is 24.6 Å². The highest BCUT2D eigenvalue weighted by atomic mass is 32.2. The molecule has 10 heteroatoms. The van der Waals surface area contributed by atoms with Gasteiger partial charge in [0.2, 0.25) is 5.91 Å². The molecule has 26 heavy (non-hydrogen) atoms. The Morgan fingerprint density at radius 3 is 2.77 bits per heavy atom. The molecule has 4 rings (SSSR count). The summed E-state index contributed by atoms with van der Waals surface area (Å²) in [6, 6.07) is 5.18. The van der Waals surface area contributed by atoms with E-state index in [2.05, 4.69) is 20.0 Å². The number of rotatable bonds is 4. The fraction of sp³-hybridized carbons (Fsp3) is 0.500. The Kier molecular flexibility index (Phi) is 4.45. The van der Waals surface area contributed by atoms with E-state index in [9.17, 15) is 13.2 Å². The Morgan fingerprint density at radius 2 is 2.04 bits per heavy atom. The van der Waals surface area contributed by atoms with Crippen LogP contribution in [0, 0.1) is 0 Å². The molecule has 2 aliphatic heterocycles. The average molecular weight is 376 g/mol. The number of nitrogens with zero attached hydrogens (tertiary/aromatic N) is 6. The molecule has 0 bridgehead atoms. The molecule has 4 heterocycles. The zero-order chi connectivity index (χ0) is 18.1. The second kappa shape index (κ2) is 6.76. The van der Waals surface area contributed by atoms with Crippen LogP contribution in [0.15, 0.2) is 37.1 Å². The van der Waals surface area contributed by atoms with Crippen molar-refractivity contribution in [2.24, 2.45) is 0 Å². The van der Waals surface area contributed by atoms with Gasteiger partial charge in [0, 0.05) is 31.9 Å². The van der Waals surface area contributed by atoms with Crippen molar-refractivity contribution in [1.82, 2.24) is 29.5 Å². The molecule has 2 aliphatic rings. The second-order valence-electron chi connectivity index (χ2n) is 6.68. The van der Waals surface area contributed by atoms with Crippen LogP contribution in [-0.4, -0.2) is 80.6 Å². The maximum Gasteiger partial charge on any atom is 0.244 e. The highest BCUT2D eigenvalue weighted by Crippen LogP contribution is 2.28. The van der Waals surface area contributed by atoms with Gasteiger partial charge in [0.1, 0.15) is 19.2 Å². The van der Waals surface area contributed by atoms with Crippen LogP contribution in [-0.2, 0) is 27.7 Å². The van der Waals surface area contributed by atoms with Crippen LogP contribution in [0.3, 0.4) is 0 Å². The molecule has 0 spiro atoms. The maximum atomic E-state index is 12.7. The third-order valence-electron chi connectivity index (χ3n) is 4.97. The normalized spacial score (nSPS) is 25.2. The van der Waals surface area contributed by atoms with Crippen LogP contribution in [0.2, 0.25) is 0 Å². The fourth-order valence-corrected chi connectivity index (χ4v) is 5.79. The summed E-state index contributed by atoms with van der Waals surface area (Å²) >= 11 is 0. The molecule has 1 amide bonds. The molecule has 2 saturated heterocycles. The van der Waals surface area contributed by atoms with Crippen molar-refractivity contribution in [3.8, 4) is 0 Å². The highest BCUT2D eigenvalue weighted by Gasteiger charge is 2.47. The Morgan fingerprint density at radius 1 is 1.19 bits per heavy atom. The van der Waals surface area contributed by atoms with Crippen molar-refractivity contribution in [3.05, 3.63) is 42.7 Å². The number of hydrogen-bond donors (Lipinski definition) is 0. The van der Waals surface area contributed by atoms with E-state index in [1.165, 1.54) is 17.3 Å². The second-order valence-corrected chi connectivity index (χ2v) is 8.84. The van der Waals surface area contributed by atoms with Gasteiger partial charge in [0.15, 0.2) is 9.84 Å². The third kappa shape index (κ3) is 3.47. The first kappa shape index (κ1) is 17.1. The van der Waals surface area contributed by atoms with E-state index < -0.39 is 9.84 Å². The molecule has 2 fully saturated rings. The number of carbonyl (C=O) groups excluding carboxylic acids is 1. The summed E-state index contributed by atoms with van der Waals surface area (Å²) in [6.45, 7) is 1.78. The molecule has 0 aliphatic carbocycles. The van der Waals surface area contributed by atoms with Gasteiger partial charge < -0.3 is 4.90 Å². The van der Waals surface area contributed by atoms with E-state index in [0.29, 0.717) is 19.6 Å². The van der Waals surface area contributed by atoms with Crippen molar-refractivity contribution >= 4 is 15.7 Å². The Hall–Kier alpha value is -2.33. The van der Waals surface area contributed by atoms with Crippen LogP contribution in [0.5, 0.6) is 0 Å². The molecule has 0 unspecified atom stereocenters. The number of aromatic nitrogens is 4. The van der Waals surface area contributed by atoms with E-state index in [1.807, 2.05) is 18.2 Å². The summed E-state index contributed by atoms with van der Waals surface area (Å²) in [5.74, 6) is -0.0306. The first-order valence-corrected chi connectivity index (χ1v) is 10.3. The standard InChI is InChI=1S/C16H20N6O3S/c23-16(8-21-12-17-11-19-21)22-6-5-20(7-13-3-1-2-4-18-13)14-9-26(24,25)10-15(14)22/h1-4,11-12,14-15H,5-10H2/t14-,15+/m1/s1. The van der Waals surface area contributed by atoms with E-state index in [4.69, 9.17) is 0 Å². The summed E-state index contributed by atoms with van der Waals surface area (Å²) in [4.78, 5) is 24.7.